The number of carbonyl (C=O) groups excluding carboxylic acids is 1. The third-order valence-corrected chi connectivity index (χ3v) is 4.04. The van der Waals surface area contributed by atoms with E-state index in [-0.39, 0.29) is 17.4 Å². The highest BCUT2D eigenvalue weighted by atomic mass is 16.3. The summed E-state index contributed by atoms with van der Waals surface area (Å²) < 4.78 is 0. The molecule has 0 heterocycles. The summed E-state index contributed by atoms with van der Waals surface area (Å²) in [6, 6.07) is 7.71. The summed E-state index contributed by atoms with van der Waals surface area (Å²) in [7, 11) is 0. The summed E-state index contributed by atoms with van der Waals surface area (Å²) in [6.07, 6.45) is 2.07. The first kappa shape index (κ1) is 10.8. The lowest BCUT2D eigenvalue weighted by molar-refractivity contribution is -0.127. The predicted molar refractivity (Wildman–Crippen MR) is 64.4 cm³/mol. The molecule has 2 atom stereocenters. The Morgan fingerprint density at radius 1 is 1.41 bits per heavy atom. The zero-order valence-electron chi connectivity index (χ0n) is 9.94. The molecule has 0 aliphatic heterocycles. The maximum Gasteiger partial charge on any atom is 0.226 e. The number of hydrogen-bond acceptors (Lipinski definition) is 2. The number of fused-ring (bicyclic) bond motifs is 1. The molecule has 1 saturated carbocycles. The van der Waals surface area contributed by atoms with Gasteiger partial charge in [0.25, 0.3) is 0 Å². The second-order valence-electron chi connectivity index (χ2n) is 5.48. The van der Waals surface area contributed by atoms with Crippen molar-refractivity contribution in [1.82, 2.24) is 5.32 Å². The van der Waals surface area contributed by atoms with Gasteiger partial charge in [-0.3, -0.25) is 4.79 Å². The Kier molecular flexibility index (Phi) is 2.26. The molecule has 90 valence electrons. The van der Waals surface area contributed by atoms with Gasteiger partial charge >= 0.3 is 0 Å². The Morgan fingerprint density at radius 2 is 2.12 bits per heavy atom. The van der Waals surface area contributed by atoms with Crippen molar-refractivity contribution in [2.75, 3.05) is 0 Å². The van der Waals surface area contributed by atoms with Gasteiger partial charge < -0.3 is 10.4 Å². The molecule has 0 saturated heterocycles. The Hall–Kier alpha value is -1.35. The Bertz CT molecular complexity index is 465. The summed E-state index contributed by atoms with van der Waals surface area (Å²) in [5.74, 6) is 0.0817. The molecule has 2 aliphatic carbocycles. The van der Waals surface area contributed by atoms with Crippen LogP contribution in [0.3, 0.4) is 0 Å². The Labute approximate surface area is 101 Å². The minimum absolute atomic E-state index is 0.0817. The molecule has 0 bridgehead atoms. The minimum atomic E-state index is -0.487. The fraction of sp³-hybridized carbons (Fsp3) is 0.500. The van der Waals surface area contributed by atoms with Crippen molar-refractivity contribution in [3.05, 3.63) is 35.4 Å². The van der Waals surface area contributed by atoms with Crippen LogP contribution in [0.25, 0.3) is 0 Å². The van der Waals surface area contributed by atoms with Gasteiger partial charge in [-0.2, -0.15) is 0 Å². The maximum atomic E-state index is 12.0. The van der Waals surface area contributed by atoms with E-state index in [1.807, 2.05) is 31.2 Å². The highest BCUT2D eigenvalue weighted by molar-refractivity contribution is 5.85. The smallest absolute Gasteiger partial charge is 0.226 e. The molecule has 2 unspecified atom stereocenters. The molecule has 2 N–H and O–H groups in total. The van der Waals surface area contributed by atoms with E-state index < -0.39 is 6.10 Å². The quantitative estimate of drug-likeness (QED) is 0.811. The summed E-state index contributed by atoms with van der Waals surface area (Å²) in [5, 5.41) is 13.0. The largest absolute Gasteiger partial charge is 0.390 e. The number of amides is 1. The zero-order chi connectivity index (χ0) is 12.0. The molecule has 0 spiro atoms. The summed E-state index contributed by atoms with van der Waals surface area (Å²) in [6.45, 7) is 1.98. The van der Waals surface area contributed by atoms with Crippen LogP contribution in [-0.2, 0) is 11.2 Å². The van der Waals surface area contributed by atoms with Gasteiger partial charge in [-0.05, 0) is 24.0 Å². The zero-order valence-corrected chi connectivity index (χ0v) is 9.94. The van der Waals surface area contributed by atoms with Gasteiger partial charge in [-0.15, -0.1) is 0 Å². The van der Waals surface area contributed by atoms with Crippen LogP contribution in [0.5, 0.6) is 0 Å². The van der Waals surface area contributed by atoms with E-state index in [4.69, 9.17) is 0 Å². The van der Waals surface area contributed by atoms with Gasteiger partial charge in [0.05, 0.1) is 12.1 Å². The van der Waals surface area contributed by atoms with Gasteiger partial charge in [0, 0.05) is 11.8 Å². The summed E-state index contributed by atoms with van der Waals surface area (Å²) in [4.78, 5) is 12.0. The average molecular weight is 231 g/mol. The number of benzene rings is 1. The molecule has 17 heavy (non-hydrogen) atoms. The fourth-order valence-corrected chi connectivity index (χ4v) is 2.48. The molecule has 1 fully saturated rings. The van der Waals surface area contributed by atoms with Crippen molar-refractivity contribution in [2.45, 2.75) is 38.3 Å². The first-order valence-corrected chi connectivity index (χ1v) is 6.17. The van der Waals surface area contributed by atoms with Crippen molar-refractivity contribution in [3.8, 4) is 0 Å². The van der Waals surface area contributed by atoms with E-state index in [0.717, 1.165) is 24.0 Å². The molecular formula is C14H17NO2. The Balaban J connectivity index is 1.81. The van der Waals surface area contributed by atoms with Gasteiger partial charge in [-0.1, -0.05) is 31.2 Å². The second kappa shape index (κ2) is 3.57. The third kappa shape index (κ3) is 1.75. The molecule has 1 aromatic rings. The highest BCUT2D eigenvalue weighted by Crippen LogP contribution is 2.46. The Morgan fingerprint density at radius 3 is 2.82 bits per heavy atom. The number of nitrogens with one attached hydrogen (secondary N) is 1. The van der Waals surface area contributed by atoms with Crippen molar-refractivity contribution >= 4 is 5.91 Å². The molecule has 3 nitrogen and oxygen atoms in total. The SMILES string of the molecule is CC1(C(=O)NC2c3ccccc3CC2O)CC1. The lowest BCUT2D eigenvalue weighted by Crippen LogP contribution is -2.37. The lowest BCUT2D eigenvalue weighted by Gasteiger charge is -2.20. The van der Waals surface area contributed by atoms with Gasteiger partial charge in [0.1, 0.15) is 0 Å². The van der Waals surface area contributed by atoms with Crippen molar-refractivity contribution in [1.29, 1.82) is 0 Å². The minimum Gasteiger partial charge on any atom is -0.390 e. The van der Waals surface area contributed by atoms with Crippen LogP contribution in [0.4, 0.5) is 0 Å². The standard InChI is InChI=1S/C14H17NO2/c1-14(6-7-14)13(17)15-12-10-5-3-2-4-9(10)8-11(12)16/h2-5,11-12,16H,6-8H2,1H3,(H,15,17). The van der Waals surface area contributed by atoms with Crippen LogP contribution in [0.1, 0.15) is 36.9 Å². The van der Waals surface area contributed by atoms with Gasteiger partial charge in [-0.25, -0.2) is 0 Å². The fourth-order valence-electron chi connectivity index (χ4n) is 2.48. The van der Waals surface area contributed by atoms with Gasteiger partial charge in [0.2, 0.25) is 5.91 Å². The molecule has 1 aromatic carbocycles. The predicted octanol–water partition coefficient (Wildman–Crippen LogP) is 1.56. The highest BCUT2D eigenvalue weighted by Gasteiger charge is 2.46. The van der Waals surface area contributed by atoms with Gasteiger partial charge in [0.15, 0.2) is 0 Å². The van der Waals surface area contributed by atoms with Crippen LogP contribution in [0.2, 0.25) is 0 Å². The maximum absolute atomic E-state index is 12.0. The van der Waals surface area contributed by atoms with E-state index in [0.29, 0.717) is 6.42 Å². The van der Waals surface area contributed by atoms with Crippen LogP contribution in [0.15, 0.2) is 24.3 Å². The van der Waals surface area contributed by atoms with E-state index >= 15 is 0 Å². The van der Waals surface area contributed by atoms with Crippen molar-refractivity contribution < 1.29 is 9.90 Å². The lowest BCUT2D eigenvalue weighted by atomic mass is 10.1. The first-order chi connectivity index (χ1) is 8.10. The topological polar surface area (TPSA) is 49.3 Å². The van der Waals surface area contributed by atoms with Crippen LogP contribution in [-0.4, -0.2) is 17.1 Å². The van der Waals surface area contributed by atoms with E-state index in [9.17, 15) is 9.90 Å². The van der Waals surface area contributed by atoms with E-state index in [1.165, 1.54) is 0 Å². The molecular weight excluding hydrogens is 214 g/mol. The number of rotatable bonds is 2. The number of aliphatic hydroxyl groups is 1. The van der Waals surface area contributed by atoms with Crippen LogP contribution < -0.4 is 5.32 Å². The summed E-state index contributed by atoms with van der Waals surface area (Å²) >= 11 is 0. The third-order valence-electron chi connectivity index (χ3n) is 4.04. The first-order valence-electron chi connectivity index (χ1n) is 6.17. The van der Waals surface area contributed by atoms with E-state index in [1.54, 1.807) is 0 Å². The molecule has 3 rings (SSSR count). The normalized spacial score (nSPS) is 28.6. The molecule has 3 heteroatoms. The monoisotopic (exact) mass is 231 g/mol. The second-order valence-corrected chi connectivity index (χ2v) is 5.48. The van der Waals surface area contributed by atoms with Crippen molar-refractivity contribution in [2.24, 2.45) is 5.41 Å². The van der Waals surface area contributed by atoms with E-state index in [2.05, 4.69) is 5.32 Å². The molecule has 2 aliphatic rings. The molecule has 0 radical (unpaired) electrons. The average Bonchev–Trinajstić information content (AvgIpc) is 2.98. The van der Waals surface area contributed by atoms with Crippen molar-refractivity contribution in [3.63, 3.8) is 0 Å². The molecule has 1 amide bonds. The number of aliphatic hydroxyl groups excluding tert-OH is 1. The van der Waals surface area contributed by atoms with Crippen LogP contribution >= 0.6 is 0 Å². The number of carbonyl (C=O) groups is 1. The van der Waals surface area contributed by atoms with Crippen LogP contribution in [0, 0.1) is 5.41 Å². The summed E-state index contributed by atoms with van der Waals surface area (Å²) in [5.41, 5.74) is 2.03. The molecule has 0 aromatic heterocycles. The number of hydrogen-bond donors (Lipinski definition) is 2.